The van der Waals surface area contributed by atoms with Gasteiger partial charge in [-0.15, -0.1) is 0 Å². The highest BCUT2D eigenvalue weighted by Gasteiger charge is 2.25. The summed E-state index contributed by atoms with van der Waals surface area (Å²) in [6, 6.07) is 0.794. The number of piperidine rings is 1. The molecule has 88 valence electrons. The van der Waals surface area contributed by atoms with Gasteiger partial charge in [0.15, 0.2) is 0 Å². The van der Waals surface area contributed by atoms with Crippen molar-refractivity contribution in [2.24, 2.45) is 0 Å². The number of aliphatic hydroxyl groups is 1. The van der Waals surface area contributed by atoms with Crippen molar-refractivity contribution in [3.05, 3.63) is 0 Å². The molecular formula is C11H23N3O. The average molecular weight is 213 g/mol. The van der Waals surface area contributed by atoms with Crippen molar-refractivity contribution in [2.45, 2.75) is 18.9 Å². The van der Waals surface area contributed by atoms with Gasteiger partial charge in [0.2, 0.25) is 0 Å². The second-order valence-electron chi connectivity index (χ2n) is 4.83. The molecule has 0 aromatic carbocycles. The van der Waals surface area contributed by atoms with E-state index in [1.54, 1.807) is 0 Å². The first-order valence-electron chi connectivity index (χ1n) is 6.05. The van der Waals surface area contributed by atoms with Crippen LogP contribution in [0, 0.1) is 0 Å². The van der Waals surface area contributed by atoms with Crippen LogP contribution in [0.4, 0.5) is 0 Å². The SMILES string of the molecule is CN1CCC(N2CCN(CO)CC2)CC1. The summed E-state index contributed by atoms with van der Waals surface area (Å²) in [5, 5.41) is 9.02. The Kier molecular flexibility index (Phi) is 3.97. The summed E-state index contributed by atoms with van der Waals surface area (Å²) in [6.07, 6.45) is 2.63. The van der Waals surface area contributed by atoms with Gasteiger partial charge in [0.05, 0.1) is 6.73 Å². The van der Waals surface area contributed by atoms with Crippen molar-refractivity contribution < 1.29 is 5.11 Å². The molecule has 2 aliphatic heterocycles. The summed E-state index contributed by atoms with van der Waals surface area (Å²) < 4.78 is 0. The lowest BCUT2D eigenvalue weighted by atomic mass is 10.0. The Hall–Kier alpha value is -0.160. The fourth-order valence-corrected chi connectivity index (χ4v) is 2.63. The molecular weight excluding hydrogens is 190 g/mol. The van der Waals surface area contributed by atoms with Gasteiger partial charge < -0.3 is 10.0 Å². The van der Waals surface area contributed by atoms with E-state index in [0.717, 1.165) is 32.2 Å². The van der Waals surface area contributed by atoms with Gasteiger partial charge in [-0.05, 0) is 33.0 Å². The second-order valence-corrected chi connectivity index (χ2v) is 4.83. The Morgan fingerprint density at radius 3 is 2.13 bits per heavy atom. The van der Waals surface area contributed by atoms with Crippen molar-refractivity contribution in [3.8, 4) is 0 Å². The van der Waals surface area contributed by atoms with Crippen molar-refractivity contribution >= 4 is 0 Å². The van der Waals surface area contributed by atoms with Crippen LogP contribution in [-0.2, 0) is 0 Å². The molecule has 2 saturated heterocycles. The van der Waals surface area contributed by atoms with E-state index >= 15 is 0 Å². The summed E-state index contributed by atoms with van der Waals surface area (Å²) in [6.45, 7) is 7.03. The van der Waals surface area contributed by atoms with Crippen LogP contribution in [0.25, 0.3) is 0 Å². The third-order valence-electron chi connectivity index (χ3n) is 3.81. The van der Waals surface area contributed by atoms with Crippen molar-refractivity contribution in [3.63, 3.8) is 0 Å². The van der Waals surface area contributed by atoms with E-state index in [9.17, 15) is 0 Å². The molecule has 0 aromatic rings. The molecule has 4 nitrogen and oxygen atoms in total. The standard InChI is InChI=1S/C11H23N3O/c1-12-4-2-11(3-5-12)14-8-6-13(10-15)7-9-14/h11,15H,2-10H2,1H3. The van der Waals surface area contributed by atoms with Gasteiger partial charge in [-0.25, -0.2) is 0 Å². The minimum absolute atomic E-state index is 0.223. The number of piperazine rings is 1. The maximum Gasteiger partial charge on any atom is 0.0957 e. The average Bonchev–Trinajstić information content (AvgIpc) is 2.30. The van der Waals surface area contributed by atoms with Crippen molar-refractivity contribution in [1.29, 1.82) is 0 Å². The van der Waals surface area contributed by atoms with Gasteiger partial charge in [-0.1, -0.05) is 0 Å². The predicted molar refractivity (Wildman–Crippen MR) is 60.8 cm³/mol. The molecule has 2 heterocycles. The molecule has 0 aliphatic carbocycles. The highest BCUT2D eigenvalue weighted by Crippen LogP contribution is 2.16. The molecule has 0 spiro atoms. The summed E-state index contributed by atoms with van der Waals surface area (Å²) in [4.78, 5) is 7.14. The highest BCUT2D eigenvalue weighted by molar-refractivity contribution is 4.82. The van der Waals surface area contributed by atoms with Gasteiger partial charge in [0.1, 0.15) is 0 Å². The van der Waals surface area contributed by atoms with Gasteiger partial charge in [-0.2, -0.15) is 0 Å². The van der Waals surface area contributed by atoms with Crippen LogP contribution in [0.1, 0.15) is 12.8 Å². The normalized spacial score (nSPS) is 28.4. The smallest absolute Gasteiger partial charge is 0.0957 e. The monoisotopic (exact) mass is 213 g/mol. The minimum Gasteiger partial charge on any atom is -0.381 e. The Morgan fingerprint density at radius 1 is 1.00 bits per heavy atom. The van der Waals surface area contributed by atoms with Crippen LogP contribution in [0.15, 0.2) is 0 Å². The summed E-state index contributed by atoms with van der Waals surface area (Å²) in [7, 11) is 2.21. The zero-order chi connectivity index (χ0) is 10.7. The number of aliphatic hydroxyl groups excluding tert-OH is 1. The van der Waals surface area contributed by atoms with E-state index in [1.165, 1.54) is 25.9 Å². The van der Waals surface area contributed by atoms with Crippen LogP contribution in [-0.4, -0.2) is 78.9 Å². The van der Waals surface area contributed by atoms with Gasteiger partial charge in [-0.3, -0.25) is 9.80 Å². The molecule has 0 bridgehead atoms. The molecule has 0 atom stereocenters. The quantitative estimate of drug-likeness (QED) is 0.679. The summed E-state index contributed by atoms with van der Waals surface area (Å²) >= 11 is 0. The fraction of sp³-hybridized carbons (Fsp3) is 1.00. The van der Waals surface area contributed by atoms with Crippen molar-refractivity contribution in [2.75, 3.05) is 53.0 Å². The summed E-state index contributed by atoms with van der Waals surface area (Å²) in [5.41, 5.74) is 0. The molecule has 2 rings (SSSR count). The Bertz CT molecular complexity index is 184. The van der Waals surface area contributed by atoms with Crippen LogP contribution in [0.5, 0.6) is 0 Å². The third-order valence-corrected chi connectivity index (χ3v) is 3.81. The molecule has 2 aliphatic rings. The number of likely N-dealkylation sites (tertiary alicyclic amines) is 1. The first-order valence-corrected chi connectivity index (χ1v) is 6.05. The molecule has 0 radical (unpaired) electrons. The van der Waals surface area contributed by atoms with E-state index in [4.69, 9.17) is 5.11 Å². The van der Waals surface area contributed by atoms with E-state index in [0.29, 0.717) is 0 Å². The molecule has 0 aromatic heterocycles. The molecule has 0 saturated carbocycles. The van der Waals surface area contributed by atoms with E-state index < -0.39 is 0 Å². The van der Waals surface area contributed by atoms with Crippen LogP contribution >= 0.6 is 0 Å². The fourth-order valence-electron chi connectivity index (χ4n) is 2.63. The molecule has 15 heavy (non-hydrogen) atoms. The topological polar surface area (TPSA) is 30.0 Å². The first-order chi connectivity index (χ1) is 7.29. The number of rotatable bonds is 2. The zero-order valence-electron chi connectivity index (χ0n) is 9.73. The maximum absolute atomic E-state index is 9.02. The lowest BCUT2D eigenvalue weighted by molar-refractivity contribution is 0.0245. The maximum atomic E-state index is 9.02. The van der Waals surface area contributed by atoms with Crippen LogP contribution < -0.4 is 0 Å². The number of hydrogen-bond donors (Lipinski definition) is 1. The van der Waals surface area contributed by atoms with Crippen LogP contribution in [0.2, 0.25) is 0 Å². The van der Waals surface area contributed by atoms with E-state index in [-0.39, 0.29) is 6.73 Å². The second kappa shape index (κ2) is 5.25. The highest BCUT2D eigenvalue weighted by atomic mass is 16.3. The number of nitrogens with zero attached hydrogens (tertiary/aromatic N) is 3. The molecule has 1 N–H and O–H groups in total. The minimum atomic E-state index is 0.223. The Balaban J connectivity index is 1.75. The third kappa shape index (κ3) is 2.91. The van der Waals surface area contributed by atoms with Gasteiger partial charge in [0, 0.05) is 32.2 Å². The Morgan fingerprint density at radius 2 is 1.60 bits per heavy atom. The number of hydrogen-bond acceptors (Lipinski definition) is 4. The lowest BCUT2D eigenvalue weighted by Gasteiger charge is -2.41. The largest absolute Gasteiger partial charge is 0.381 e. The lowest BCUT2D eigenvalue weighted by Crippen LogP contribution is -2.52. The summed E-state index contributed by atoms with van der Waals surface area (Å²) in [5.74, 6) is 0. The first kappa shape index (κ1) is 11.3. The van der Waals surface area contributed by atoms with E-state index in [2.05, 4.69) is 21.7 Å². The van der Waals surface area contributed by atoms with Crippen LogP contribution in [0.3, 0.4) is 0 Å². The van der Waals surface area contributed by atoms with Gasteiger partial charge >= 0.3 is 0 Å². The van der Waals surface area contributed by atoms with Crippen molar-refractivity contribution in [1.82, 2.24) is 14.7 Å². The zero-order valence-corrected chi connectivity index (χ0v) is 9.73. The molecule has 0 unspecified atom stereocenters. The molecule has 0 amide bonds. The van der Waals surface area contributed by atoms with E-state index in [1.807, 2.05) is 0 Å². The Labute approximate surface area is 92.5 Å². The van der Waals surface area contributed by atoms with Gasteiger partial charge in [0.25, 0.3) is 0 Å². The molecule has 4 heteroatoms. The molecule has 2 fully saturated rings. The predicted octanol–water partition coefficient (Wildman–Crippen LogP) is -0.352.